The Balaban J connectivity index is 2.77. The third-order valence-corrected chi connectivity index (χ3v) is 2.14. The molecule has 1 aliphatic heterocycles. The zero-order valence-electron chi connectivity index (χ0n) is 4.50. The Hall–Kier alpha value is -0.170. The second-order valence-electron chi connectivity index (χ2n) is 1.82. The van der Waals surface area contributed by atoms with Crippen molar-refractivity contribution in [1.29, 1.82) is 0 Å². The molecule has 1 rings (SSSR count). The Kier molecular flexibility index (Phi) is 1.71. The smallest absolute Gasteiger partial charge is 0.255 e. The van der Waals surface area contributed by atoms with Crippen molar-refractivity contribution in [3.63, 3.8) is 0 Å². The number of hydrogen-bond donors (Lipinski definition) is 1. The summed E-state index contributed by atoms with van der Waals surface area (Å²) < 4.78 is 1.03. The van der Waals surface area contributed by atoms with Crippen LogP contribution in [0.15, 0.2) is 0 Å². The fraction of sp³-hybridized carbons (Fsp3) is 0.500. The lowest BCUT2D eigenvalue weighted by atomic mass is 10.3. The van der Waals surface area contributed by atoms with Gasteiger partial charge in [0.25, 0.3) is 5.91 Å². The largest absolute Gasteiger partial charge is 0.319 e. The molecule has 0 aromatic carbocycles. The van der Waals surface area contributed by atoms with Crippen LogP contribution in [0.1, 0.15) is 6.42 Å². The number of carbonyl (C=O) groups is 2. The molecule has 0 bridgehead atoms. The summed E-state index contributed by atoms with van der Waals surface area (Å²) in [6, 6.07) is -0.602. The van der Waals surface area contributed by atoms with Crippen molar-refractivity contribution in [2.45, 2.75) is 12.5 Å². The van der Waals surface area contributed by atoms with Gasteiger partial charge in [0.15, 0.2) is 0 Å². The van der Waals surface area contributed by atoms with Crippen molar-refractivity contribution in [1.82, 2.24) is 3.11 Å². The Morgan fingerprint density at radius 2 is 2.22 bits per heavy atom. The molecule has 1 unspecified atom stereocenters. The number of imide groups is 1. The number of carbonyl (C=O) groups excluding carboxylic acids is 2. The molecule has 5 heteroatoms. The molecule has 0 aliphatic carbocycles. The molecule has 2 amide bonds. The number of rotatable bonds is 0. The number of amides is 2. The van der Waals surface area contributed by atoms with Crippen LogP contribution in [0, 0.1) is 0 Å². The van der Waals surface area contributed by atoms with Gasteiger partial charge < -0.3 is 5.73 Å². The molecule has 1 fully saturated rings. The molecule has 4 nitrogen and oxygen atoms in total. The van der Waals surface area contributed by atoms with E-state index < -0.39 is 6.04 Å². The van der Waals surface area contributed by atoms with Crippen LogP contribution < -0.4 is 5.73 Å². The predicted octanol–water partition coefficient (Wildman–Crippen LogP) is -0.577. The standard InChI is InChI=1S/C4H5IN2O2/c5-7-3(8)1-2(6)4(7)9/h2H,1,6H2. The van der Waals surface area contributed by atoms with Crippen LogP contribution in [0.4, 0.5) is 0 Å². The summed E-state index contributed by atoms with van der Waals surface area (Å²) in [5.41, 5.74) is 5.24. The van der Waals surface area contributed by atoms with Crippen molar-refractivity contribution in [3.8, 4) is 0 Å². The molecule has 50 valence electrons. The maximum Gasteiger partial charge on any atom is 0.255 e. The molecule has 0 aromatic heterocycles. The average Bonchev–Trinajstić information content (AvgIpc) is 1.98. The summed E-state index contributed by atoms with van der Waals surface area (Å²) in [5.74, 6) is -0.492. The first kappa shape index (κ1) is 6.94. The molecule has 2 N–H and O–H groups in total. The average molecular weight is 240 g/mol. The highest BCUT2D eigenvalue weighted by molar-refractivity contribution is 14.1. The van der Waals surface area contributed by atoms with E-state index in [1.165, 1.54) is 0 Å². The van der Waals surface area contributed by atoms with Gasteiger partial charge >= 0.3 is 0 Å². The van der Waals surface area contributed by atoms with Crippen LogP contribution in [0.25, 0.3) is 0 Å². The Labute approximate surface area is 65.9 Å². The number of nitrogens with zero attached hydrogens (tertiary/aromatic N) is 1. The third-order valence-electron chi connectivity index (χ3n) is 1.12. The van der Waals surface area contributed by atoms with Gasteiger partial charge in [0.1, 0.15) is 0 Å². The van der Waals surface area contributed by atoms with E-state index in [0.29, 0.717) is 0 Å². The summed E-state index contributed by atoms with van der Waals surface area (Å²) in [6.45, 7) is 0. The third kappa shape index (κ3) is 1.06. The molecular weight excluding hydrogens is 235 g/mol. The van der Waals surface area contributed by atoms with Crippen molar-refractivity contribution in [2.24, 2.45) is 5.73 Å². The van der Waals surface area contributed by atoms with E-state index in [2.05, 4.69) is 0 Å². The highest BCUT2D eigenvalue weighted by atomic mass is 127. The number of nitrogens with two attached hydrogens (primary N) is 1. The lowest BCUT2D eigenvalue weighted by Gasteiger charge is -1.99. The van der Waals surface area contributed by atoms with E-state index in [0.717, 1.165) is 3.11 Å². The van der Waals surface area contributed by atoms with E-state index >= 15 is 0 Å². The molecule has 1 heterocycles. The quantitative estimate of drug-likeness (QED) is 0.350. The molecule has 0 radical (unpaired) electrons. The molecule has 0 aromatic rings. The van der Waals surface area contributed by atoms with Gasteiger partial charge in [0, 0.05) is 0 Å². The van der Waals surface area contributed by atoms with Gasteiger partial charge in [-0.15, -0.1) is 0 Å². The van der Waals surface area contributed by atoms with E-state index in [1.807, 2.05) is 0 Å². The normalized spacial score (nSPS) is 27.8. The predicted molar refractivity (Wildman–Crippen MR) is 38.5 cm³/mol. The van der Waals surface area contributed by atoms with Crippen molar-refractivity contribution < 1.29 is 9.59 Å². The number of halogens is 1. The van der Waals surface area contributed by atoms with Gasteiger partial charge in [0.05, 0.1) is 35.3 Å². The van der Waals surface area contributed by atoms with Crippen molar-refractivity contribution >= 4 is 34.7 Å². The van der Waals surface area contributed by atoms with Gasteiger partial charge in [-0.25, -0.2) is 3.11 Å². The number of hydrogen-bond acceptors (Lipinski definition) is 3. The molecule has 1 saturated heterocycles. The van der Waals surface area contributed by atoms with Gasteiger partial charge in [-0.1, -0.05) is 0 Å². The molecule has 1 aliphatic rings. The van der Waals surface area contributed by atoms with Crippen LogP contribution in [0.5, 0.6) is 0 Å². The monoisotopic (exact) mass is 240 g/mol. The molecule has 0 spiro atoms. The molecular formula is C4H5IN2O2. The van der Waals surface area contributed by atoms with E-state index in [-0.39, 0.29) is 18.2 Å². The summed E-state index contributed by atoms with van der Waals surface area (Å²) >= 11 is 1.65. The Morgan fingerprint density at radius 1 is 1.67 bits per heavy atom. The SMILES string of the molecule is NC1CC(=O)N(I)C1=O. The topological polar surface area (TPSA) is 63.4 Å². The van der Waals surface area contributed by atoms with Crippen molar-refractivity contribution in [2.75, 3.05) is 0 Å². The minimum absolute atomic E-state index is 0.155. The van der Waals surface area contributed by atoms with Crippen molar-refractivity contribution in [3.05, 3.63) is 0 Å². The van der Waals surface area contributed by atoms with Gasteiger partial charge in [-0.3, -0.25) is 9.59 Å². The summed E-state index contributed by atoms with van der Waals surface area (Å²) in [4.78, 5) is 21.3. The van der Waals surface area contributed by atoms with Crippen LogP contribution in [-0.2, 0) is 9.59 Å². The highest BCUT2D eigenvalue weighted by Crippen LogP contribution is 2.14. The lowest BCUT2D eigenvalue weighted by Crippen LogP contribution is -2.29. The zero-order chi connectivity index (χ0) is 7.02. The van der Waals surface area contributed by atoms with Gasteiger partial charge in [-0.05, 0) is 0 Å². The Morgan fingerprint density at radius 3 is 2.33 bits per heavy atom. The molecule has 9 heavy (non-hydrogen) atoms. The Bertz CT molecular complexity index is 170. The van der Waals surface area contributed by atoms with E-state index in [4.69, 9.17) is 5.73 Å². The zero-order valence-corrected chi connectivity index (χ0v) is 6.66. The fourth-order valence-corrected chi connectivity index (χ4v) is 1.18. The summed E-state index contributed by atoms with van der Waals surface area (Å²) in [6.07, 6.45) is 0.155. The molecule has 1 atom stereocenters. The van der Waals surface area contributed by atoms with Gasteiger partial charge in [-0.2, -0.15) is 0 Å². The first-order valence-electron chi connectivity index (χ1n) is 2.41. The van der Waals surface area contributed by atoms with Gasteiger partial charge in [0.2, 0.25) is 5.91 Å². The second-order valence-corrected chi connectivity index (χ2v) is 2.79. The minimum Gasteiger partial charge on any atom is -0.319 e. The van der Waals surface area contributed by atoms with Crippen LogP contribution in [0.2, 0.25) is 0 Å². The minimum atomic E-state index is -0.602. The summed E-state index contributed by atoms with van der Waals surface area (Å²) in [7, 11) is 0. The summed E-state index contributed by atoms with van der Waals surface area (Å²) in [5, 5.41) is 0. The van der Waals surface area contributed by atoms with Crippen LogP contribution >= 0.6 is 22.9 Å². The first-order valence-corrected chi connectivity index (χ1v) is 3.37. The lowest BCUT2D eigenvalue weighted by molar-refractivity contribution is -0.130. The molecule has 0 saturated carbocycles. The maximum absolute atomic E-state index is 10.7. The second kappa shape index (κ2) is 2.22. The van der Waals surface area contributed by atoms with Crippen LogP contribution in [-0.4, -0.2) is 21.0 Å². The maximum atomic E-state index is 10.7. The first-order chi connectivity index (χ1) is 4.13. The van der Waals surface area contributed by atoms with E-state index in [9.17, 15) is 9.59 Å². The fourth-order valence-electron chi connectivity index (χ4n) is 0.624. The highest BCUT2D eigenvalue weighted by Gasteiger charge is 2.34. The van der Waals surface area contributed by atoms with E-state index in [1.54, 1.807) is 22.9 Å². The van der Waals surface area contributed by atoms with Crippen LogP contribution in [0.3, 0.4) is 0 Å².